The summed E-state index contributed by atoms with van der Waals surface area (Å²) in [4.78, 5) is 16.7. The van der Waals surface area contributed by atoms with Crippen LogP contribution >= 0.6 is 0 Å². The molecule has 0 unspecified atom stereocenters. The van der Waals surface area contributed by atoms with E-state index in [4.69, 9.17) is 5.73 Å². The number of nitrogens with two attached hydrogens (primary N) is 1. The summed E-state index contributed by atoms with van der Waals surface area (Å²) >= 11 is 0. The van der Waals surface area contributed by atoms with Crippen molar-refractivity contribution in [2.75, 3.05) is 5.73 Å². The largest absolute Gasteiger partial charge is 0.398 e. The number of aryl methyl sites for hydroxylation is 1. The quantitative estimate of drug-likeness (QED) is 0.482. The molecule has 92 valence electrons. The van der Waals surface area contributed by atoms with E-state index in [1.54, 1.807) is 29.2 Å². The lowest BCUT2D eigenvalue weighted by atomic mass is 9.88. The van der Waals surface area contributed by atoms with Crippen LogP contribution in [0.1, 0.15) is 15.9 Å². The fraction of sp³-hybridized carbons (Fsp3) is 0.0714. The van der Waals surface area contributed by atoms with E-state index in [1.165, 1.54) is 0 Å². The smallest absolute Gasteiger partial charge is 0.196 e. The van der Waals surface area contributed by atoms with E-state index in [1.807, 2.05) is 13.1 Å². The molecule has 5 heteroatoms. The van der Waals surface area contributed by atoms with Crippen molar-refractivity contribution >= 4 is 22.4 Å². The zero-order valence-corrected chi connectivity index (χ0v) is 10.2. The summed E-state index contributed by atoms with van der Waals surface area (Å²) in [7, 11) is 1.86. The highest BCUT2D eigenvalue weighted by atomic mass is 16.1. The Bertz CT molecular complexity index is 863. The lowest BCUT2D eigenvalue weighted by molar-refractivity contribution is 0.104. The summed E-state index contributed by atoms with van der Waals surface area (Å²) in [6.07, 6.45) is 3.29. The third-order valence-electron chi connectivity index (χ3n) is 3.60. The molecule has 0 bridgehead atoms. The number of ketones is 1. The predicted octanol–water partition coefficient (Wildman–Crippen LogP) is 1.76. The van der Waals surface area contributed by atoms with Gasteiger partial charge in [0, 0.05) is 41.6 Å². The summed E-state index contributed by atoms with van der Waals surface area (Å²) in [5.74, 6) is -0.0546. The van der Waals surface area contributed by atoms with Gasteiger partial charge in [0.25, 0.3) is 0 Å². The molecule has 0 atom stereocenters. The molecule has 2 heterocycles. The van der Waals surface area contributed by atoms with Crippen molar-refractivity contribution in [2.45, 2.75) is 0 Å². The third kappa shape index (κ3) is 1.12. The molecule has 19 heavy (non-hydrogen) atoms. The van der Waals surface area contributed by atoms with E-state index in [9.17, 15) is 4.79 Å². The first-order valence-electron chi connectivity index (χ1n) is 5.92. The van der Waals surface area contributed by atoms with E-state index >= 15 is 0 Å². The van der Waals surface area contributed by atoms with E-state index < -0.39 is 0 Å². The number of carbonyl (C=O) groups excluding carboxylic acids is 1. The van der Waals surface area contributed by atoms with Gasteiger partial charge >= 0.3 is 0 Å². The molecule has 0 saturated heterocycles. The number of pyridine rings is 1. The van der Waals surface area contributed by atoms with Gasteiger partial charge in [0.15, 0.2) is 5.78 Å². The Balaban J connectivity index is 2.30. The summed E-state index contributed by atoms with van der Waals surface area (Å²) < 4.78 is 1.77. The molecule has 0 aliphatic heterocycles. The minimum Gasteiger partial charge on any atom is -0.398 e. The number of nitrogen functional groups attached to an aromatic ring is 1. The van der Waals surface area contributed by atoms with Crippen molar-refractivity contribution in [3.63, 3.8) is 0 Å². The van der Waals surface area contributed by atoms with Gasteiger partial charge in [0.05, 0.1) is 11.1 Å². The molecule has 1 aliphatic carbocycles. The SMILES string of the molecule is Cn1nc2c3c(c(N)ccc31)C(=O)c1ccncc1-2. The molecule has 2 aromatic heterocycles. The standard InChI is InChI=1S/C14H10N4O/c1-18-10-3-2-9(15)11-12(10)13(17-18)8-6-16-5-4-7(8)14(11)19/h2-6H,15H2,1H3. The van der Waals surface area contributed by atoms with Crippen molar-refractivity contribution in [3.8, 4) is 11.3 Å². The van der Waals surface area contributed by atoms with Crippen LogP contribution < -0.4 is 5.73 Å². The third-order valence-corrected chi connectivity index (χ3v) is 3.60. The molecule has 0 fully saturated rings. The maximum Gasteiger partial charge on any atom is 0.196 e. The molecule has 1 aromatic carbocycles. The van der Waals surface area contributed by atoms with E-state index in [0.717, 1.165) is 22.2 Å². The van der Waals surface area contributed by atoms with Crippen LogP contribution in [0.2, 0.25) is 0 Å². The zero-order valence-electron chi connectivity index (χ0n) is 10.2. The molecule has 1 aliphatic rings. The molecule has 0 radical (unpaired) electrons. The van der Waals surface area contributed by atoms with Crippen molar-refractivity contribution in [2.24, 2.45) is 7.05 Å². The second-order valence-corrected chi connectivity index (χ2v) is 4.65. The minimum atomic E-state index is -0.0546. The minimum absolute atomic E-state index is 0.0546. The molecule has 0 amide bonds. The van der Waals surface area contributed by atoms with Crippen molar-refractivity contribution in [1.82, 2.24) is 14.8 Å². The summed E-state index contributed by atoms with van der Waals surface area (Å²) in [6.45, 7) is 0. The van der Waals surface area contributed by atoms with Crippen LogP contribution in [0.15, 0.2) is 30.6 Å². The Morgan fingerprint density at radius 1 is 1.21 bits per heavy atom. The first kappa shape index (κ1) is 10.3. The topological polar surface area (TPSA) is 73.8 Å². The highest BCUT2D eigenvalue weighted by molar-refractivity contribution is 6.27. The van der Waals surface area contributed by atoms with Gasteiger partial charge in [-0.05, 0) is 18.2 Å². The second-order valence-electron chi connectivity index (χ2n) is 4.65. The molecular weight excluding hydrogens is 240 g/mol. The maximum absolute atomic E-state index is 12.6. The van der Waals surface area contributed by atoms with Gasteiger partial charge in [-0.2, -0.15) is 5.10 Å². The predicted molar refractivity (Wildman–Crippen MR) is 71.8 cm³/mol. The number of rotatable bonds is 0. The van der Waals surface area contributed by atoms with Crippen molar-refractivity contribution in [1.29, 1.82) is 0 Å². The molecule has 5 nitrogen and oxygen atoms in total. The van der Waals surface area contributed by atoms with E-state index in [0.29, 0.717) is 16.8 Å². The van der Waals surface area contributed by atoms with Gasteiger partial charge in [0.1, 0.15) is 5.69 Å². The van der Waals surface area contributed by atoms with E-state index in [2.05, 4.69) is 10.1 Å². The first-order chi connectivity index (χ1) is 9.18. The highest BCUT2D eigenvalue weighted by Gasteiger charge is 2.29. The zero-order chi connectivity index (χ0) is 13.1. The van der Waals surface area contributed by atoms with E-state index in [-0.39, 0.29) is 5.78 Å². The summed E-state index contributed by atoms with van der Waals surface area (Å²) in [5.41, 5.74) is 10.1. The van der Waals surface area contributed by atoms with Crippen LogP contribution in [0.25, 0.3) is 22.2 Å². The van der Waals surface area contributed by atoms with Gasteiger partial charge in [-0.15, -0.1) is 0 Å². The fourth-order valence-electron chi connectivity index (χ4n) is 2.72. The van der Waals surface area contributed by atoms with Crippen LogP contribution in [0.3, 0.4) is 0 Å². The van der Waals surface area contributed by atoms with Crippen LogP contribution in [0.5, 0.6) is 0 Å². The van der Waals surface area contributed by atoms with Gasteiger partial charge in [-0.25, -0.2) is 0 Å². The number of hydrogen-bond donors (Lipinski definition) is 1. The number of fused-ring (bicyclic) bond motifs is 2. The number of anilines is 1. The average molecular weight is 250 g/mol. The number of carbonyl (C=O) groups is 1. The first-order valence-corrected chi connectivity index (χ1v) is 5.92. The number of nitrogens with zero attached hydrogens (tertiary/aromatic N) is 3. The number of aromatic nitrogens is 3. The van der Waals surface area contributed by atoms with Crippen molar-refractivity contribution in [3.05, 3.63) is 41.7 Å². The Kier molecular flexibility index (Phi) is 1.73. The Hall–Kier alpha value is -2.69. The molecule has 0 spiro atoms. The summed E-state index contributed by atoms with van der Waals surface area (Å²) in [6, 6.07) is 5.36. The molecule has 3 aromatic rings. The normalized spacial score (nSPS) is 12.8. The van der Waals surface area contributed by atoms with Gasteiger partial charge in [-0.3, -0.25) is 14.5 Å². The number of benzene rings is 1. The highest BCUT2D eigenvalue weighted by Crippen LogP contribution is 2.40. The maximum atomic E-state index is 12.6. The number of hydrogen-bond acceptors (Lipinski definition) is 4. The lowest BCUT2D eigenvalue weighted by Crippen LogP contribution is -2.11. The van der Waals surface area contributed by atoms with Crippen molar-refractivity contribution < 1.29 is 4.79 Å². The molecule has 0 saturated carbocycles. The molecular formula is C14H10N4O. The Morgan fingerprint density at radius 2 is 2.05 bits per heavy atom. The van der Waals surface area contributed by atoms with Gasteiger partial charge in [0.2, 0.25) is 0 Å². The average Bonchev–Trinajstić information content (AvgIpc) is 2.75. The fourth-order valence-corrected chi connectivity index (χ4v) is 2.72. The Labute approximate surface area is 108 Å². The molecule has 2 N–H and O–H groups in total. The van der Waals surface area contributed by atoms with Crippen LogP contribution in [-0.2, 0) is 7.05 Å². The second kappa shape index (κ2) is 3.20. The van der Waals surface area contributed by atoms with Gasteiger partial charge in [-0.1, -0.05) is 0 Å². The van der Waals surface area contributed by atoms with Gasteiger partial charge < -0.3 is 5.73 Å². The summed E-state index contributed by atoms with van der Waals surface area (Å²) in [5, 5.41) is 5.33. The van der Waals surface area contributed by atoms with Crippen LogP contribution in [-0.4, -0.2) is 20.5 Å². The molecule has 4 rings (SSSR count). The monoisotopic (exact) mass is 250 g/mol. The Morgan fingerprint density at radius 3 is 2.89 bits per heavy atom. The van der Waals surface area contributed by atoms with Crippen LogP contribution in [0.4, 0.5) is 5.69 Å². The lowest BCUT2D eigenvalue weighted by Gasteiger charge is -2.15. The van der Waals surface area contributed by atoms with Crippen LogP contribution in [0, 0.1) is 0 Å².